The largest absolute Gasteiger partial charge is 0.480 e. The molecule has 0 bridgehead atoms. The van der Waals surface area contributed by atoms with E-state index in [0.29, 0.717) is 6.42 Å². The van der Waals surface area contributed by atoms with Gasteiger partial charge in [0.15, 0.2) is 0 Å². The molecule has 6 nitrogen and oxygen atoms in total. The highest BCUT2D eigenvalue weighted by molar-refractivity contribution is 7.98. The van der Waals surface area contributed by atoms with E-state index in [1.807, 2.05) is 6.26 Å². The van der Waals surface area contributed by atoms with E-state index >= 15 is 0 Å². The molecule has 2 amide bonds. The minimum atomic E-state index is -0.972. The van der Waals surface area contributed by atoms with Crippen molar-refractivity contribution in [3.05, 3.63) is 0 Å². The van der Waals surface area contributed by atoms with E-state index < -0.39 is 12.0 Å². The van der Waals surface area contributed by atoms with Gasteiger partial charge < -0.3 is 15.7 Å². The van der Waals surface area contributed by atoms with Crippen LogP contribution < -0.4 is 10.6 Å². The van der Waals surface area contributed by atoms with Gasteiger partial charge in [0, 0.05) is 25.2 Å². The molecule has 1 heterocycles. The average molecular weight is 301 g/mol. The number of amides is 2. The van der Waals surface area contributed by atoms with Crippen LogP contribution in [0.1, 0.15) is 25.7 Å². The highest BCUT2D eigenvalue weighted by atomic mass is 32.2. The smallest absolute Gasteiger partial charge is 0.326 e. The van der Waals surface area contributed by atoms with Gasteiger partial charge in [-0.1, -0.05) is 0 Å². The first kappa shape index (κ1) is 15.4. The maximum atomic E-state index is 11.9. The minimum absolute atomic E-state index is 0.144. The second kappa shape index (κ2) is 7.17. The summed E-state index contributed by atoms with van der Waals surface area (Å²) in [7, 11) is 0. The number of hydrogen-bond acceptors (Lipinski definition) is 4. The molecule has 2 unspecified atom stereocenters. The Kier molecular flexibility index (Phi) is 5.54. The number of aliphatic carboxylic acids is 1. The first-order valence-electron chi connectivity index (χ1n) is 7.13. The Morgan fingerprint density at radius 2 is 2.15 bits per heavy atom. The zero-order valence-corrected chi connectivity index (χ0v) is 12.6. The van der Waals surface area contributed by atoms with Crippen molar-refractivity contribution >= 4 is 23.8 Å². The van der Waals surface area contributed by atoms with Crippen LogP contribution in [0.4, 0.5) is 4.79 Å². The quantitative estimate of drug-likeness (QED) is 0.646. The van der Waals surface area contributed by atoms with Crippen molar-refractivity contribution in [1.29, 1.82) is 0 Å². The van der Waals surface area contributed by atoms with Crippen molar-refractivity contribution in [2.45, 2.75) is 43.8 Å². The number of rotatable bonds is 7. The fourth-order valence-electron chi connectivity index (χ4n) is 2.55. The number of nitrogens with zero attached hydrogens (tertiary/aromatic N) is 1. The number of nitrogens with one attached hydrogen (secondary N) is 2. The van der Waals surface area contributed by atoms with Gasteiger partial charge in [-0.3, -0.25) is 4.90 Å². The van der Waals surface area contributed by atoms with Crippen molar-refractivity contribution in [2.75, 3.05) is 25.1 Å². The van der Waals surface area contributed by atoms with Crippen molar-refractivity contribution in [1.82, 2.24) is 15.5 Å². The van der Waals surface area contributed by atoms with Crippen molar-refractivity contribution < 1.29 is 14.7 Å². The molecule has 1 aliphatic carbocycles. The van der Waals surface area contributed by atoms with E-state index in [0.717, 1.165) is 31.3 Å². The summed E-state index contributed by atoms with van der Waals surface area (Å²) >= 11 is 1.58. The molecule has 0 spiro atoms. The Balaban J connectivity index is 1.71. The number of carbonyl (C=O) groups excluding carboxylic acids is 1. The maximum Gasteiger partial charge on any atom is 0.326 e. The van der Waals surface area contributed by atoms with E-state index in [1.54, 1.807) is 11.8 Å². The number of thioether (sulfide) groups is 1. The van der Waals surface area contributed by atoms with E-state index in [9.17, 15) is 9.59 Å². The molecule has 0 aromatic carbocycles. The molecule has 0 aromatic rings. The Morgan fingerprint density at radius 1 is 1.40 bits per heavy atom. The number of hydrogen-bond donors (Lipinski definition) is 3. The van der Waals surface area contributed by atoms with Gasteiger partial charge in [0.1, 0.15) is 6.04 Å². The molecule has 3 N–H and O–H groups in total. The van der Waals surface area contributed by atoms with Crippen LogP contribution in [0.15, 0.2) is 0 Å². The summed E-state index contributed by atoms with van der Waals surface area (Å²) in [5.41, 5.74) is 0. The van der Waals surface area contributed by atoms with Crippen LogP contribution in [-0.4, -0.2) is 65.2 Å². The molecule has 2 rings (SSSR count). The average Bonchev–Trinajstić information content (AvgIpc) is 3.15. The maximum absolute atomic E-state index is 11.9. The summed E-state index contributed by atoms with van der Waals surface area (Å²) in [6.45, 7) is 1.92. The summed E-state index contributed by atoms with van der Waals surface area (Å²) in [6.07, 6.45) is 5.86. The zero-order valence-electron chi connectivity index (χ0n) is 11.8. The third-order valence-electron chi connectivity index (χ3n) is 3.83. The van der Waals surface area contributed by atoms with Crippen molar-refractivity contribution in [3.63, 3.8) is 0 Å². The van der Waals surface area contributed by atoms with Gasteiger partial charge in [0.05, 0.1) is 0 Å². The summed E-state index contributed by atoms with van der Waals surface area (Å²) in [5, 5.41) is 14.5. The molecule has 20 heavy (non-hydrogen) atoms. The molecule has 2 fully saturated rings. The minimum Gasteiger partial charge on any atom is -0.480 e. The van der Waals surface area contributed by atoms with Gasteiger partial charge in [-0.05, 0) is 37.7 Å². The van der Waals surface area contributed by atoms with Gasteiger partial charge in [0.25, 0.3) is 0 Å². The molecular formula is C13H23N3O3S. The lowest BCUT2D eigenvalue weighted by Gasteiger charge is -2.18. The topological polar surface area (TPSA) is 81.7 Å². The fraction of sp³-hybridized carbons (Fsp3) is 0.846. The number of urea groups is 1. The lowest BCUT2D eigenvalue weighted by atomic mass is 10.2. The fourth-order valence-corrected chi connectivity index (χ4v) is 3.03. The summed E-state index contributed by atoms with van der Waals surface area (Å²) in [4.78, 5) is 25.3. The van der Waals surface area contributed by atoms with E-state index in [4.69, 9.17) is 5.11 Å². The van der Waals surface area contributed by atoms with E-state index in [-0.39, 0.29) is 12.1 Å². The van der Waals surface area contributed by atoms with E-state index in [1.165, 1.54) is 12.8 Å². The predicted octanol–water partition coefficient (Wildman–Crippen LogP) is 0.729. The van der Waals surface area contributed by atoms with Crippen LogP contribution in [0.3, 0.4) is 0 Å². The van der Waals surface area contributed by atoms with Gasteiger partial charge in [0.2, 0.25) is 0 Å². The first-order valence-corrected chi connectivity index (χ1v) is 8.52. The van der Waals surface area contributed by atoms with Crippen LogP contribution in [0.2, 0.25) is 0 Å². The molecule has 1 saturated heterocycles. The monoisotopic (exact) mass is 301 g/mol. The number of carbonyl (C=O) groups is 2. The molecule has 0 aromatic heterocycles. The van der Waals surface area contributed by atoms with Crippen LogP contribution in [0.5, 0.6) is 0 Å². The third kappa shape index (κ3) is 4.56. The standard InChI is InChI=1S/C13H23N3O3S/c1-20-7-5-11(12(17)18)15-13(19)14-9-4-6-16(8-9)10-2-3-10/h9-11H,2-8H2,1H3,(H,17,18)(H2,14,15,19). The summed E-state index contributed by atoms with van der Waals surface area (Å²) < 4.78 is 0. The number of carboxylic acid groups (broad SMARTS) is 1. The van der Waals surface area contributed by atoms with Gasteiger partial charge in [-0.25, -0.2) is 9.59 Å². The third-order valence-corrected chi connectivity index (χ3v) is 4.48. The molecule has 2 aliphatic rings. The lowest BCUT2D eigenvalue weighted by molar-refractivity contribution is -0.139. The van der Waals surface area contributed by atoms with Crippen molar-refractivity contribution in [3.8, 4) is 0 Å². The SMILES string of the molecule is CSCCC(NC(=O)NC1CCN(C2CC2)C1)C(=O)O. The Hall–Kier alpha value is -0.950. The number of likely N-dealkylation sites (tertiary alicyclic amines) is 1. The molecule has 7 heteroatoms. The summed E-state index contributed by atoms with van der Waals surface area (Å²) in [6, 6.07) is -0.298. The van der Waals surface area contributed by atoms with Crippen LogP contribution in [0, 0.1) is 0 Å². The van der Waals surface area contributed by atoms with Crippen molar-refractivity contribution in [2.24, 2.45) is 0 Å². The second-order valence-corrected chi connectivity index (χ2v) is 6.49. The number of carboxylic acids is 1. The highest BCUT2D eigenvalue weighted by Gasteiger charge is 2.35. The molecule has 114 valence electrons. The zero-order chi connectivity index (χ0) is 14.5. The van der Waals surface area contributed by atoms with E-state index in [2.05, 4.69) is 15.5 Å². The van der Waals surface area contributed by atoms with Crippen LogP contribution in [0.25, 0.3) is 0 Å². The Bertz CT molecular complexity index is 363. The highest BCUT2D eigenvalue weighted by Crippen LogP contribution is 2.29. The van der Waals surface area contributed by atoms with Gasteiger partial charge in [-0.2, -0.15) is 11.8 Å². The molecular weight excluding hydrogens is 278 g/mol. The van der Waals surface area contributed by atoms with Crippen LogP contribution >= 0.6 is 11.8 Å². The Labute approximate surface area is 123 Å². The lowest BCUT2D eigenvalue weighted by Crippen LogP contribution is -2.49. The van der Waals surface area contributed by atoms with Crippen LogP contribution in [-0.2, 0) is 4.79 Å². The molecule has 1 aliphatic heterocycles. The summed E-state index contributed by atoms with van der Waals surface area (Å²) in [5.74, 6) is -0.254. The predicted molar refractivity (Wildman–Crippen MR) is 79.1 cm³/mol. The molecule has 0 radical (unpaired) electrons. The normalized spacial score (nSPS) is 24.4. The molecule has 2 atom stereocenters. The first-order chi connectivity index (χ1) is 9.60. The molecule has 1 saturated carbocycles. The van der Waals surface area contributed by atoms with Gasteiger partial charge in [-0.15, -0.1) is 0 Å². The second-order valence-electron chi connectivity index (χ2n) is 5.50. The Morgan fingerprint density at radius 3 is 2.75 bits per heavy atom. The van der Waals surface area contributed by atoms with Gasteiger partial charge >= 0.3 is 12.0 Å².